The normalized spacial score (nSPS) is 12.0. The molecule has 10 aromatic carbocycles. The van der Waals surface area contributed by atoms with Crippen LogP contribution in [0, 0.1) is 11.3 Å². The second-order valence-corrected chi connectivity index (χ2v) is 16.7. The lowest BCUT2D eigenvalue weighted by Gasteiger charge is -2.27. The smallest absolute Gasteiger partial charge is 0.104 e. The van der Waals surface area contributed by atoms with Crippen LogP contribution in [0.2, 0.25) is 0 Å². The van der Waals surface area contributed by atoms with Crippen molar-refractivity contribution in [3.8, 4) is 50.8 Å². The van der Waals surface area contributed by atoms with E-state index in [0.717, 1.165) is 132 Å². The minimum Gasteiger partial charge on any atom is -0.307 e. The number of aromatic nitrogens is 4. The summed E-state index contributed by atoms with van der Waals surface area (Å²) in [7, 11) is 0. The number of rotatable bonds is 5. The van der Waals surface area contributed by atoms with Crippen molar-refractivity contribution in [2.45, 2.75) is 0 Å². The molecule has 0 atom stereocenters. The fourth-order valence-electron chi connectivity index (χ4n) is 11.1. The lowest BCUT2D eigenvalue weighted by Crippen LogP contribution is -2.11. The first-order chi connectivity index (χ1) is 31.8. The molecule has 294 valence electrons. The van der Waals surface area contributed by atoms with E-state index in [9.17, 15) is 5.26 Å². The van der Waals surface area contributed by atoms with Crippen molar-refractivity contribution in [2.24, 2.45) is 0 Å². The molecule has 5 nitrogen and oxygen atoms in total. The quantitative estimate of drug-likeness (QED) is 0.163. The van der Waals surface area contributed by atoms with Gasteiger partial charge in [-0.3, -0.25) is 9.97 Å². The molecular weight excluding hydrogens is 779 g/mol. The first-order valence-corrected chi connectivity index (χ1v) is 21.6. The van der Waals surface area contributed by atoms with Crippen LogP contribution in [0.15, 0.2) is 200 Å². The van der Waals surface area contributed by atoms with E-state index in [1.807, 2.05) is 12.4 Å². The average Bonchev–Trinajstić information content (AvgIpc) is 3.89. The molecule has 0 fully saturated rings. The number of nitriles is 1. The second kappa shape index (κ2) is 13.1. The van der Waals surface area contributed by atoms with E-state index in [-0.39, 0.29) is 0 Å². The van der Waals surface area contributed by atoms with E-state index in [2.05, 4.69) is 203 Å². The summed E-state index contributed by atoms with van der Waals surface area (Å²) in [6, 6.07) is 69.6. The Balaban J connectivity index is 1.30. The molecule has 4 heterocycles. The van der Waals surface area contributed by atoms with Crippen LogP contribution in [0.5, 0.6) is 0 Å². The number of nitrogens with zero attached hydrogens (tertiary/aromatic N) is 5. The van der Waals surface area contributed by atoms with Gasteiger partial charge in [0.25, 0.3) is 0 Å². The Morgan fingerprint density at radius 1 is 0.328 bits per heavy atom. The first-order valence-electron chi connectivity index (χ1n) is 21.6. The molecule has 64 heavy (non-hydrogen) atoms. The van der Waals surface area contributed by atoms with Crippen molar-refractivity contribution in [3.63, 3.8) is 0 Å². The summed E-state index contributed by atoms with van der Waals surface area (Å²) in [5, 5.41) is 23.6. The summed E-state index contributed by atoms with van der Waals surface area (Å²) in [5.74, 6) is 0. The molecule has 0 unspecified atom stereocenters. The minimum atomic E-state index is 0.566. The highest BCUT2D eigenvalue weighted by Crippen LogP contribution is 2.54. The molecule has 0 aliphatic rings. The van der Waals surface area contributed by atoms with Gasteiger partial charge in [0.2, 0.25) is 0 Å². The van der Waals surface area contributed by atoms with Gasteiger partial charge in [-0.25, -0.2) is 0 Å². The van der Waals surface area contributed by atoms with Crippen molar-refractivity contribution in [2.75, 3.05) is 0 Å². The number of benzene rings is 10. The predicted octanol–water partition coefficient (Wildman–Crippen LogP) is 15.0. The van der Waals surface area contributed by atoms with Crippen molar-refractivity contribution in [1.82, 2.24) is 19.1 Å². The molecule has 0 saturated carbocycles. The third kappa shape index (κ3) is 4.50. The fraction of sp³-hybridized carbons (Fsp3) is 0. The van der Waals surface area contributed by atoms with Crippen LogP contribution in [-0.4, -0.2) is 19.1 Å². The molecule has 0 spiro atoms. The molecule has 0 bridgehead atoms. The van der Waals surface area contributed by atoms with Crippen LogP contribution in [-0.2, 0) is 0 Å². The Labute approximate surface area is 366 Å². The topological polar surface area (TPSA) is 59.4 Å². The third-order valence-electron chi connectivity index (χ3n) is 13.5. The van der Waals surface area contributed by atoms with Crippen LogP contribution in [0.25, 0.3) is 132 Å². The Kier molecular flexibility index (Phi) is 7.12. The summed E-state index contributed by atoms with van der Waals surface area (Å²) in [6.45, 7) is 0. The molecule has 14 rings (SSSR count). The third-order valence-corrected chi connectivity index (χ3v) is 13.5. The highest BCUT2D eigenvalue weighted by molar-refractivity contribution is 6.35. The predicted molar refractivity (Wildman–Crippen MR) is 264 cm³/mol. The molecule has 0 amide bonds. The molecule has 14 aromatic rings. The number of hydrogen-bond acceptors (Lipinski definition) is 3. The zero-order valence-electron chi connectivity index (χ0n) is 34.3. The fourth-order valence-corrected chi connectivity index (χ4v) is 11.1. The number of fused-ring (bicyclic) bond motifs is 6. The van der Waals surface area contributed by atoms with E-state index in [4.69, 9.17) is 9.97 Å². The van der Waals surface area contributed by atoms with Crippen molar-refractivity contribution in [3.05, 3.63) is 206 Å². The Morgan fingerprint density at radius 2 is 0.688 bits per heavy atom. The molecule has 0 N–H and O–H groups in total. The van der Waals surface area contributed by atoms with Gasteiger partial charge in [-0.2, -0.15) is 5.26 Å². The number of hydrogen-bond donors (Lipinski definition) is 0. The van der Waals surface area contributed by atoms with Gasteiger partial charge in [-0.05, 0) is 62.5 Å². The van der Waals surface area contributed by atoms with Crippen LogP contribution in [0.4, 0.5) is 0 Å². The molecule has 0 saturated heterocycles. The summed E-state index contributed by atoms with van der Waals surface area (Å²) in [4.78, 5) is 10.2. The van der Waals surface area contributed by atoms with Gasteiger partial charge in [0.1, 0.15) is 11.6 Å². The van der Waals surface area contributed by atoms with Crippen LogP contribution in [0.3, 0.4) is 0 Å². The van der Waals surface area contributed by atoms with E-state index in [1.165, 1.54) is 0 Å². The van der Waals surface area contributed by atoms with Gasteiger partial charge in [-0.15, -0.1) is 0 Å². The maximum Gasteiger partial charge on any atom is 0.104 e. The first kappa shape index (κ1) is 34.8. The maximum atomic E-state index is 12.3. The Morgan fingerprint density at radius 3 is 1.11 bits per heavy atom. The van der Waals surface area contributed by atoms with Crippen LogP contribution < -0.4 is 0 Å². The lowest BCUT2D eigenvalue weighted by atomic mass is 9.82. The largest absolute Gasteiger partial charge is 0.307 e. The average molecular weight is 812 g/mol. The summed E-state index contributed by atoms with van der Waals surface area (Å²) < 4.78 is 4.74. The highest BCUT2D eigenvalue weighted by atomic mass is 15.0. The van der Waals surface area contributed by atoms with Crippen LogP contribution >= 0.6 is 0 Å². The van der Waals surface area contributed by atoms with Gasteiger partial charge in [-0.1, -0.05) is 164 Å². The monoisotopic (exact) mass is 811 g/mol. The molecular formula is C59H33N5. The van der Waals surface area contributed by atoms with E-state index in [1.54, 1.807) is 0 Å². The molecule has 0 radical (unpaired) electrons. The maximum absolute atomic E-state index is 12.3. The standard InChI is InChI=1S/C59H33N5/c60-34-44-58(63-45-28-14-26-40-38-22-10-12-24-42(38)56-54(52(40)45)47(63)30-32-61-56)50(36-18-6-2-7-19-36)49(35-16-4-1-5-17-35)51(37-20-8-3-9-21-37)59(44)64-46-29-15-27-41-39-23-11-13-25-43(39)57-55(53(41)46)48(64)31-33-62-57/h1-33H. The minimum absolute atomic E-state index is 0.566. The Hall–Kier alpha value is -8.85. The SMILES string of the molecule is N#Cc1c(-n2c3cccc4c5ccccc5c5nccc2c5c43)c(-c2ccccc2)c(-c2ccccc2)c(-c2ccccc2)c1-n1c2cccc3c4ccccc4c4nccc1c4c32. The highest BCUT2D eigenvalue weighted by Gasteiger charge is 2.33. The van der Waals surface area contributed by atoms with Crippen molar-refractivity contribution in [1.29, 1.82) is 5.26 Å². The van der Waals surface area contributed by atoms with Gasteiger partial charge in [0.15, 0.2) is 0 Å². The van der Waals surface area contributed by atoms with E-state index >= 15 is 0 Å². The summed E-state index contributed by atoms with van der Waals surface area (Å²) >= 11 is 0. The Bertz CT molecular complexity index is 3810. The van der Waals surface area contributed by atoms with Gasteiger partial charge in [0.05, 0.1) is 44.5 Å². The molecule has 0 aliphatic carbocycles. The van der Waals surface area contributed by atoms with Gasteiger partial charge >= 0.3 is 0 Å². The summed E-state index contributed by atoms with van der Waals surface area (Å²) in [5.41, 5.74) is 14.2. The lowest BCUT2D eigenvalue weighted by molar-refractivity contribution is 1.12. The number of pyridine rings is 2. The molecule has 0 aliphatic heterocycles. The second-order valence-electron chi connectivity index (χ2n) is 16.7. The van der Waals surface area contributed by atoms with Gasteiger partial charge < -0.3 is 9.13 Å². The van der Waals surface area contributed by atoms with Crippen LogP contribution in [0.1, 0.15) is 5.56 Å². The molecule has 4 aromatic heterocycles. The zero-order valence-corrected chi connectivity index (χ0v) is 34.3. The zero-order chi connectivity index (χ0) is 42.0. The van der Waals surface area contributed by atoms with Gasteiger partial charge in [0, 0.05) is 61.4 Å². The van der Waals surface area contributed by atoms with Crippen molar-refractivity contribution >= 4 is 87.0 Å². The van der Waals surface area contributed by atoms with E-state index in [0.29, 0.717) is 5.56 Å². The van der Waals surface area contributed by atoms with E-state index < -0.39 is 0 Å². The summed E-state index contributed by atoms with van der Waals surface area (Å²) in [6.07, 6.45) is 3.85. The molecule has 5 heteroatoms. The van der Waals surface area contributed by atoms with Crippen molar-refractivity contribution < 1.29 is 0 Å².